The summed E-state index contributed by atoms with van der Waals surface area (Å²) >= 11 is 0. The molecule has 5 heteroatoms. The lowest BCUT2D eigenvalue weighted by molar-refractivity contribution is 0.289. The van der Waals surface area contributed by atoms with Gasteiger partial charge in [0.2, 0.25) is 0 Å². The summed E-state index contributed by atoms with van der Waals surface area (Å²) in [5.41, 5.74) is 4.90. The average molecular weight is 359 g/mol. The number of benzene rings is 2. The van der Waals surface area contributed by atoms with Crippen molar-refractivity contribution in [2.24, 2.45) is 0 Å². The van der Waals surface area contributed by atoms with Crippen LogP contribution in [0.25, 0.3) is 22.2 Å². The second-order valence-electron chi connectivity index (χ2n) is 7.06. The molecule has 1 atom stereocenters. The summed E-state index contributed by atoms with van der Waals surface area (Å²) in [6, 6.07) is 13.8. The Morgan fingerprint density at radius 1 is 1.15 bits per heavy atom. The van der Waals surface area contributed by atoms with Crippen molar-refractivity contribution in [3.63, 3.8) is 0 Å². The van der Waals surface area contributed by atoms with E-state index in [1.165, 1.54) is 6.33 Å². The minimum atomic E-state index is -0.193. The number of nitrogens with zero attached hydrogens (tertiary/aromatic N) is 3. The second-order valence-corrected chi connectivity index (χ2v) is 7.06. The molecule has 0 spiro atoms. The van der Waals surface area contributed by atoms with Gasteiger partial charge in [0.15, 0.2) is 0 Å². The molecule has 0 fully saturated rings. The van der Waals surface area contributed by atoms with E-state index in [4.69, 9.17) is 4.42 Å². The Hall–Kier alpha value is -3.05. The lowest BCUT2D eigenvalue weighted by Crippen LogP contribution is -2.31. The number of rotatable bonds is 2. The second kappa shape index (κ2) is 6.28. The minimum absolute atomic E-state index is 0.0993. The number of hydrogen-bond acceptors (Lipinski definition) is 4. The van der Waals surface area contributed by atoms with E-state index in [9.17, 15) is 0 Å². The quantitative estimate of drug-likeness (QED) is 0.524. The maximum atomic E-state index is 15.4. The van der Waals surface area contributed by atoms with Crippen LogP contribution in [0, 0.1) is 5.82 Å². The Morgan fingerprint density at radius 3 is 2.93 bits per heavy atom. The van der Waals surface area contributed by atoms with Crippen molar-refractivity contribution >= 4 is 11.0 Å². The highest BCUT2D eigenvalue weighted by Gasteiger charge is 2.28. The molecule has 0 saturated carbocycles. The number of furan rings is 1. The molecule has 4 aromatic rings. The number of fused-ring (bicyclic) bond motifs is 2. The van der Waals surface area contributed by atoms with Gasteiger partial charge in [-0.3, -0.25) is 0 Å². The van der Waals surface area contributed by atoms with Gasteiger partial charge in [0, 0.05) is 41.7 Å². The van der Waals surface area contributed by atoms with Gasteiger partial charge in [0.25, 0.3) is 0 Å². The van der Waals surface area contributed by atoms with Crippen molar-refractivity contribution in [1.29, 1.82) is 0 Å². The summed E-state index contributed by atoms with van der Waals surface area (Å²) in [6.07, 6.45) is 4.78. The Balaban J connectivity index is 1.64. The smallest absolute Gasteiger partial charge is 0.137 e. The van der Waals surface area contributed by atoms with Gasteiger partial charge >= 0.3 is 0 Å². The molecule has 3 heterocycles. The first-order valence-electron chi connectivity index (χ1n) is 8.94. The summed E-state index contributed by atoms with van der Waals surface area (Å²) in [6.45, 7) is 1.42. The molecule has 0 amide bonds. The first-order valence-corrected chi connectivity index (χ1v) is 8.94. The van der Waals surface area contributed by atoms with Gasteiger partial charge in [0.1, 0.15) is 17.7 Å². The van der Waals surface area contributed by atoms with Crippen LogP contribution in [-0.2, 0) is 6.54 Å². The van der Waals surface area contributed by atoms with Crippen molar-refractivity contribution in [2.75, 3.05) is 13.6 Å². The van der Waals surface area contributed by atoms with Crippen LogP contribution in [0.4, 0.5) is 4.39 Å². The van der Waals surface area contributed by atoms with Crippen LogP contribution in [-0.4, -0.2) is 28.5 Å². The molecular formula is C22H18FN3O. The topological polar surface area (TPSA) is 42.2 Å². The zero-order chi connectivity index (χ0) is 18.4. The van der Waals surface area contributed by atoms with Crippen LogP contribution in [0.2, 0.25) is 0 Å². The molecule has 4 nitrogen and oxygen atoms in total. The maximum Gasteiger partial charge on any atom is 0.137 e. The van der Waals surface area contributed by atoms with Crippen LogP contribution < -0.4 is 0 Å². The van der Waals surface area contributed by atoms with E-state index in [1.807, 2.05) is 25.2 Å². The lowest BCUT2D eigenvalue weighted by atomic mass is 9.83. The summed E-state index contributed by atoms with van der Waals surface area (Å²) in [5.74, 6) is -0.0935. The predicted molar refractivity (Wildman–Crippen MR) is 102 cm³/mol. The van der Waals surface area contributed by atoms with Gasteiger partial charge in [-0.1, -0.05) is 18.2 Å². The van der Waals surface area contributed by atoms with Crippen molar-refractivity contribution in [3.05, 3.63) is 83.8 Å². The first-order chi connectivity index (χ1) is 13.2. The fourth-order valence-corrected chi connectivity index (χ4v) is 3.99. The largest absolute Gasteiger partial charge is 0.464 e. The molecule has 2 aromatic heterocycles. The third-order valence-electron chi connectivity index (χ3n) is 5.32. The van der Waals surface area contributed by atoms with Crippen molar-refractivity contribution in [1.82, 2.24) is 14.9 Å². The van der Waals surface area contributed by atoms with E-state index >= 15 is 4.39 Å². The molecule has 0 bridgehead atoms. The normalized spacial score (nSPS) is 17.2. The van der Waals surface area contributed by atoms with Gasteiger partial charge in [-0.15, -0.1) is 0 Å². The first kappa shape index (κ1) is 16.1. The fourth-order valence-electron chi connectivity index (χ4n) is 3.99. The van der Waals surface area contributed by atoms with Crippen LogP contribution in [0.3, 0.4) is 0 Å². The van der Waals surface area contributed by atoms with E-state index < -0.39 is 0 Å². The van der Waals surface area contributed by atoms with E-state index in [0.717, 1.165) is 34.2 Å². The average Bonchev–Trinajstić information content (AvgIpc) is 3.17. The third kappa shape index (κ3) is 2.71. The molecule has 0 radical (unpaired) electrons. The SMILES string of the molecule is CN1Cc2c(ccc(-c3ccncn3)c2F)C(c2ccc3ccoc3c2)C1. The molecule has 0 saturated heterocycles. The van der Waals surface area contributed by atoms with E-state index in [0.29, 0.717) is 17.8 Å². The Morgan fingerprint density at radius 2 is 2.07 bits per heavy atom. The van der Waals surface area contributed by atoms with Gasteiger partial charge in [0.05, 0.1) is 12.0 Å². The van der Waals surface area contributed by atoms with E-state index in [1.54, 1.807) is 18.5 Å². The van der Waals surface area contributed by atoms with E-state index in [-0.39, 0.29) is 11.7 Å². The summed E-state index contributed by atoms with van der Waals surface area (Å²) in [7, 11) is 2.03. The lowest BCUT2D eigenvalue weighted by Gasteiger charge is -2.33. The van der Waals surface area contributed by atoms with Gasteiger partial charge < -0.3 is 9.32 Å². The molecule has 0 N–H and O–H groups in total. The van der Waals surface area contributed by atoms with Crippen LogP contribution in [0.5, 0.6) is 0 Å². The maximum absolute atomic E-state index is 15.4. The van der Waals surface area contributed by atoms with Crippen LogP contribution >= 0.6 is 0 Å². The standard InChI is InChI=1S/C22H18FN3O/c1-26-11-18(15-3-2-14-7-9-27-21(14)10-15)16-4-5-17(22(23)19(16)12-26)20-6-8-24-13-25-20/h2-10,13,18H,11-12H2,1H3. The number of aromatic nitrogens is 2. The Bertz CT molecular complexity index is 1120. The molecular weight excluding hydrogens is 341 g/mol. The fraction of sp³-hybridized carbons (Fsp3) is 0.182. The van der Waals surface area contributed by atoms with Crippen molar-refractivity contribution in [2.45, 2.75) is 12.5 Å². The molecule has 5 rings (SSSR count). The molecule has 0 aliphatic carbocycles. The van der Waals surface area contributed by atoms with Crippen LogP contribution in [0.1, 0.15) is 22.6 Å². The molecule has 2 aromatic carbocycles. The summed E-state index contributed by atoms with van der Waals surface area (Å²) in [4.78, 5) is 10.3. The highest BCUT2D eigenvalue weighted by molar-refractivity contribution is 5.78. The Kier molecular flexibility index (Phi) is 3.76. The van der Waals surface area contributed by atoms with Crippen LogP contribution in [0.15, 0.2) is 65.7 Å². The van der Waals surface area contributed by atoms with Gasteiger partial charge in [-0.25, -0.2) is 14.4 Å². The van der Waals surface area contributed by atoms with Gasteiger partial charge in [-0.2, -0.15) is 0 Å². The van der Waals surface area contributed by atoms with Crippen molar-refractivity contribution in [3.8, 4) is 11.3 Å². The number of hydrogen-bond donors (Lipinski definition) is 0. The number of likely N-dealkylation sites (N-methyl/N-ethyl adjacent to an activating group) is 1. The minimum Gasteiger partial charge on any atom is -0.464 e. The molecule has 1 aliphatic rings. The third-order valence-corrected chi connectivity index (χ3v) is 5.32. The molecule has 27 heavy (non-hydrogen) atoms. The highest BCUT2D eigenvalue weighted by Crippen LogP contribution is 2.38. The predicted octanol–water partition coefficient (Wildman–Crippen LogP) is 4.61. The zero-order valence-corrected chi connectivity index (χ0v) is 14.9. The Labute approximate surface area is 156 Å². The van der Waals surface area contributed by atoms with E-state index in [2.05, 4.69) is 33.1 Å². The summed E-state index contributed by atoms with van der Waals surface area (Å²) < 4.78 is 21.0. The molecule has 1 unspecified atom stereocenters. The molecule has 134 valence electrons. The highest BCUT2D eigenvalue weighted by atomic mass is 19.1. The molecule has 1 aliphatic heterocycles. The number of halogens is 1. The van der Waals surface area contributed by atoms with Crippen molar-refractivity contribution < 1.29 is 8.81 Å². The summed E-state index contributed by atoms with van der Waals surface area (Å²) in [5, 5.41) is 1.08. The zero-order valence-electron chi connectivity index (χ0n) is 14.9. The van der Waals surface area contributed by atoms with Gasteiger partial charge in [-0.05, 0) is 42.4 Å². The monoisotopic (exact) mass is 359 g/mol.